The van der Waals surface area contributed by atoms with E-state index in [9.17, 15) is 9.59 Å². The zero-order chi connectivity index (χ0) is 20.8. The molecule has 0 atom stereocenters. The van der Waals surface area contributed by atoms with Crippen LogP contribution >= 0.6 is 12.4 Å². The summed E-state index contributed by atoms with van der Waals surface area (Å²) in [4.78, 5) is 28.4. The van der Waals surface area contributed by atoms with Gasteiger partial charge in [0.15, 0.2) is 0 Å². The maximum Gasteiger partial charge on any atom is 0.419 e. The van der Waals surface area contributed by atoms with Crippen molar-refractivity contribution in [1.29, 1.82) is 0 Å². The number of likely N-dealkylation sites (N-methyl/N-ethyl adjacent to an activating group) is 1. The lowest BCUT2D eigenvalue weighted by molar-refractivity contribution is 0.146. The molecule has 30 heavy (non-hydrogen) atoms. The van der Waals surface area contributed by atoms with E-state index in [-0.39, 0.29) is 19.0 Å². The topological polar surface area (TPSA) is 71.1 Å². The Morgan fingerprint density at radius 1 is 1.03 bits per heavy atom. The molecule has 2 amide bonds. The molecule has 1 N–H and O–H groups in total. The lowest BCUT2D eigenvalue weighted by Crippen LogP contribution is -2.30. The van der Waals surface area contributed by atoms with E-state index < -0.39 is 12.2 Å². The van der Waals surface area contributed by atoms with Crippen LogP contribution in [0.2, 0.25) is 0 Å². The molecule has 0 saturated carbocycles. The lowest BCUT2D eigenvalue weighted by Gasteiger charge is -2.25. The number of amides is 2. The Bertz CT molecular complexity index is 888. The number of carbonyl (C=O) groups excluding carboxylic acids is 2. The number of para-hydroxylation sites is 1. The summed E-state index contributed by atoms with van der Waals surface area (Å²) in [5, 5.41) is 2.71. The maximum absolute atomic E-state index is 13.1. The van der Waals surface area contributed by atoms with Gasteiger partial charge in [0, 0.05) is 12.2 Å². The number of benzene rings is 2. The number of carbonyl (C=O) groups is 2. The fourth-order valence-corrected chi connectivity index (χ4v) is 3.26. The highest BCUT2D eigenvalue weighted by atomic mass is 35.5. The summed E-state index contributed by atoms with van der Waals surface area (Å²) in [6, 6.07) is 13.4. The Labute approximate surface area is 183 Å². The molecule has 3 rings (SSSR count). The number of halogens is 1. The first-order chi connectivity index (χ1) is 14.0. The van der Waals surface area contributed by atoms with Gasteiger partial charge in [0.2, 0.25) is 0 Å². The molecule has 1 aliphatic rings. The number of anilines is 3. The molecule has 0 fully saturated rings. The SMILES string of the molecule is CCOC(=O)Nc1ccc2c(c1)N(C(=O)OCCN(C)C)c1ccccc1CC2.Cl. The zero-order valence-corrected chi connectivity index (χ0v) is 18.3. The third-order valence-corrected chi connectivity index (χ3v) is 4.69. The van der Waals surface area contributed by atoms with Crippen molar-refractivity contribution in [3.8, 4) is 0 Å². The zero-order valence-electron chi connectivity index (χ0n) is 17.5. The van der Waals surface area contributed by atoms with E-state index in [1.807, 2.05) is 55.4 Å². The van der Waals surface area contributed by atoms with Crippen LogP contribution in [0.25, 0.3) is 0 Å². The van der Waals surface area contributed by atoms with Gasteiger partial charge in [0.05, 0.1) is 18.0 Å². The average Bonchev–Trinajstić information content (AvgIpc) is 2.84. The van der Waals surface area contributed by atoms with Crippen LogP contribution in [0.1, 0.15) is 18.1 Å². The van der Waals surface area contributed by atoms with Crippen molar-refractivity contribution < 1.29 is 19.1 Å². The van der Waals surface area contributed by atoms with E-state index in [1.165, 1.54) is 0 Å². The monoisotopic (exact) mass is 433 g/mol. The quantitative estimate of drug-likeness (QED) is 0.745. The highest BCUT2D eigenvalue weighted by Crippen LogP contribution is 2.38. The minimum atomic E-state index is -0.526. The number of aryl methyl sites for hydroxylation is 2. The number of fused-ring (bicyclic) bond motifs is 2. The molecule has 0 saturated heterocycles. The molecule has 2 aromatic carbocycles. The largest absolute Gasteiger partial charge is 0.450 e. The molecule has 7 nitrogen and oxygen atoms in total. The molecule has 2 aromatic rings. The van der Waals surface area contributed by atoms with Crippen molar-refractivity contribution in [2.45, 2.75) is 19.8 Å². The Balaban J connectivity index is 0.00000320. The fraction of sp³-hybridized carbons (Fsp3) is 0.364. The molecule has 0 spiro atoms. The summed E-state index contributed by atoms with van der Waals surface area (Å²) >= 11 is 0. The van der Waals surface area contributed by atoms with Crippen LogP contribution in [0.4, 0.5) is 26.7 Å². The van der Waals surface area contributed by atoms with Crippen LogP contribution < -0.4 is 10.2 Å². The average molecular weight is 434 g/mol. The van der Waals surface area contributed by atoms with E-state index in [4.69, 9.17) is 9.47 Å². The molecular formula is C22H28ClN3O4. The molecular weight excluding hydrogens is 406 g/mol. The second-order valence-electron chi connectivity index (χ2n) is 7.07. The van der Waals surface area contributed by atoms with Crippen LogP contribution in [0.3, 0.4) is 0 Å². The summed E-state index contributed by atoms with van der Waals surface area (Å²) < 4.78 is 10.5. The first-order valence-corrected chi connectivity index (χ1v) is 9.75. The summed E-state index contributed by atoms with van der Waals surface area (Å²) in [7, 11) is 3.86. The summed E-state index contributed by atoms with van der Waals surface area (Å²) in [6.45, 7) is 2.96. The van der Waals surface area contributed by atoms with Gasteiger partial charge in [-0.05, 0) is 63.2 Å². The first kappa shape index (κ1) is 23.5. The van der Waals surface area contributed by atoms with E-state index in [0.717, 1.165) is 29.7 Å². The Morgan fingerprint density at radius 2 is 1.73 bits per heavy atom. The molecule has 0 bridgehead atoms. The van der Waals surface area contributed by atoms with Crippen LogP contribution in [0.15, 0.2) is 42.5 Å². The van der Waals surface area contributed by atoms with E-state index in [2.05, 4.69) is 5.32 Å². The minimum Gasteiger partial charge on any atom is -0.450 e. The van der Waals surface area contributed by atoms with Gasteiger partial charge in [-0.25, -0.2) is 14.5 Å². The van der Waals surface area contributed by atoms with Crippen molar-refractivity contribution in [2.75, 3.05) is 44.1 Å². The molecule has 0 aliphatic carbocycles. The third-order valence-electron chi connectivity index (χ3n) is 4.69. The van der Waals surface area contributed by atoms with Crippen molar-refractivity contribution in [3.63, 3.8) is 0 Å². The molecule has 1 heterocycles. The Kier molecular flexibility index (Phi) is 8.50. The summed E-state index contributed by atoms with van der Waals surface area (Å²) in [5.74, 6) is 0. The molecule has 0 aromatic heterocycles. The molecule has 8 heteroatoms. The predicted octanol–water partition coefficient (Wildman–Crippen LogP) is 4.61. The van der Waals surface area contributed by atoms with Gasteiger partial charge >= 0.3 is 12.2 Å². The Morgan fingerprint density at radius 3 is 2.43 bits per heavy atom. The lowest BCUT2D eigenvalue weighted by atomic mass is 10.0. The predicted molar refractivity (Wildman–Crippen MR) is 120 cm³/mol. The van der Waals surface area contributed by atoms with Gasteiger partial charge in [-0.3, -0.25) is 5.32 Å². The minimum absolute atomic E-state index is 0. The van der Waals surface area contributed by atoms with Gasteiger partial charge in [0.1, 0.15) is 6.61 Å². The third kappa shape index (κ3) is 5.64. The van der Waals surface area contributed by atoms with Crippen molar-refractivity contribution in [3.05, 3.63) is 53.6 Å². The number of hydrogen-bond donors (Lipinski definition) is 1. The second kappa shape index (κ2) is 10.8. The van der Waals surface area contributed by atoms with E-state index in [1.54, 1.807) is 17.9 Å². The van der Waals surface area contributed by atoms with Crippen LogP contribution in [0, 0.1) is 0 Å². The normalized spacial score (nSPS) is 12.2. The van der Waals surface area contributed by atoms with Gasteiger partial charge in [-0.1, -0.05) is 24.3 Å². The van der Waals surface area contributed by atoms with E-state index in [0.29, 0.717) is 24.5 Å². The van der Waals surface area contributed by atoms with E-state index >= 15 is 0 Å². The molecule has 0 radical (unpaired) electrons. The van der Waals surface area contributed by atoms with Crippen LogP contribution in [-0.4, -0.2) is 50.9 Å². The Hall–Kier alpha value is -2.77. The molecule has 0 unspecified atom stereocenters. The van der Waals surface area contributed by atoms with Crippen molar-refractivity contribution >= 4 is 41.7 Å². The van der Waals surface area contributed by atoms with Crippen molar-refractivity contribution in [1.82, 2.24) is 4.90 Å². The highest BCUT2D eigenvalue weighted by molar-refractivity contribution is 5.99. The highest BCUT2D eigenvalue weighted by Gasteiger charge is 2.27. The number of hydrogen-bond acceptors (Lipinski definition) is 5. The summed E-state index contributed by atoms with van der Waals surface area (Å²) in [5.41, 5.74) is 4.16. The number of nitrogens with zero attached hydrogens (tertiary/aromatic N) is 2. The number of rotatable bonds is 5. The smallest absolute Gasteiger partial charge is 0.419 e. The van der Waals surface area contributed by atoms with Crippen molar-refractivity contribution in [2.24, 2.45) is 0 Å². The number of ether oxygens (including phenoxy) is 2. The molecule has 162 valence electrons. The maximum atomic E-state index is 13.1. The summed E-state index contributed by atoms with van der Waals surface area (Å²) in [6.07, 6.45) is 0.639. The van der Waals surface area contributed by atoms with Gasteiger partial charge in [-0.2, -0.15) is 0 Å². The molecule has 1 aliphatic heterocycles. The fourth-order valence-electron chi connectivity index (χ4n) is 3.26. The standard InChI is InChI=1S/C22H27N3O4.ClH/c1-4-28-21(26)23-18-12-11-17-10-9-16-7-5-6-8-19(16)25(20(17)15-18)22(27)29-14-13-24(2)3;/h5-8,11-12,15H,4,9-10,13-14H2,1-3H3,(H,23,26);1H. The van der Waals surface area contributed by atoms with Gasteiger partial charge in [-0.15, -0.1) is 12.4 Å². The number of nitrogens with one attached hydrogen (secondary N) is 1. The van der Waals surface area contributed by atoms with Crippen LogP contribution in [-0.2, 0) is 22.3 Å². The second-order valence-corrected chi connectivity index (χ2v) is 7.07. The first-order valence-electron chi connectivity index (χ1n) is 9.75. The van der Waals surface area contributed by atoms with Gasteiger partial charge in [0.25, 0.3) is 0 Å². The van der Waals surface area contributed by atoms with Crippen LogP contribution in [0.5, 0.6) is 0 Å². The van der Waals surface area contributed by atoms with Gasteiger partial charge < -0.3 is 14.4 Å².